The molecule has 2 unspecified atom stereocenters. The van der Waals surface area contributed by atoms with Gasteiger partial charge in [-0.2, -0.15) is 0 Å². The number of aryl methyl sites for hydroxylation is 4. The van der Waals surface area contributed by atoms with Crippen molar-refractivity contribution in [2.24, 2.45) is 0 Å². The standard InChI is InChI=1S/2C11H11.C3H6.2ClH.Zr/c2*1-8-6-7-9(2)11-5-3-4-10(8)11;1-3-2;;;/h2*3-7H,1-2H3;1H,3H2,2H3;2*1H;/q;;;;;+2/p-2. The molecule has 0 N–H and O–H groups in total. The normalized spacial score (nSPS) is 20.4. The molecule has 0 saturated carbocycles. The Morgan fingerprint density at radius 1 is 0.750 bits per heavy atom. The van der Waals surface area contributed by atoms with Gasteiger partial charge in [0.2, 0.25) is 0 Å². The first kappa shape index (κ1) is 20.5. The molecule has 0 radical (unpaired) electrons. The predicted octanol–water partition coefficient (Wildman–Crippen LogP) is 7.97. The van der Waals surface area contributed by atoms with Gasteiger partial charge < -0.3 is 0 Å². The summed E-state index contributed by atoms with van der Waals surface area (Å²) < 4.78 is 2.56. The van der Waals surface area contributed by atoms with E-state index in [9.17, 15) is 0 Å². The molecule has 0 amide bonds. The molecule has 0 aliphatic heterocycles. The molecular weight excluding hydrogens is 462 g/mol. The van der Waals surface area contributed by atoms with E-state index >= 15 is 0 Å². The topological polar surface area (TPSA) is 0 Å². The number of hydrogen-bond acceptors (Lipinski definition) is 0. The van der Waals surface area contributed by atoms with E-state index in [2.05, 4.69) is 86.9 Å². The van der Waals surface area contributed by atoms with E-state index in [1.807, 2.05) is 0 Å². The van der Waals surface area contributed by atoms with Gasteiger partial charge in [-0.15, -0.1) is 0 Å². The second kappa shape index (κ2) is 6.90. The van der Waals surface area contributed by atoms with Crippen molar-refractivity contribution < 1.29 is 15.9 Å². The Hall–Kier alpha value is -0.747. The fourth-order valence-corrected chi connectivity index (χ4v) is 22.4. The van der Waals surface area contributed by atoms with Crippen molar-refractivity contribution in [2.75, 3.05) is 0 Å². The van der Waals surface area contributed by atoms with Crippen molar-refractivity contribution >= 4 is 32.9 Å². The van der Waals surface area contributed by atoms with Gasteiger partial charge >= 0.3 is 178 Å². The van der Waals surface area contributed by atoms with Gasteiger partial charge in [0.15, 0.2) is 0 Å². The molecule has 4 rings (SSSR count). The monoisotopic (exact) mass is 488 g/mol. The number of hydrogen-bond donors (Lipinski definition) is 0. The van der Waals surface area contributed by atoms with Crippen LogP contribution in [0.1, 0.15) is 65.1 Å². The third-order valence-corrected chi connectivity index (χ3v) is 25.3. The summed E-state index contributed by atoms with van der Waals surface area (Å²) in [6, 6.07) is 8.85. The Balaban J connectivity index is 2.00. The van der Waals surface area contributed by atoms with Gasteiger partial charge in [-0.05, 0) is 0 Å². The summed E-state index contributed by atoms with van der Waals surface area (Å²) in [6.45, 7) is 10.9. The molecule has 2 atom stereocenters. The van der Waals surface area contributed by atoms with Crippen LogP contribution in [0.15, 0.2) is 36.4 Å². The van der Waals surface area contributed by atoms with Gasteiger partial charge in [0.25, 0.3) is 0 Å². The van der Waals surface area contributed by atoms with Crippen LogP contribution in [0.5, 0.6) is 0 Å². The van der Waals surface area contributed by atoms with Gasteiger partial charge in [-0.3, -0.25) is 0 Å². The number of fused-ring (bicyclic) bond motifs is 2. The number of allylic oxidation sites excluding steroid dienone is 2. The second-order valence-corrected chi connectivity index (χ2v) is 29.8. The Morgan fingerprint density at radius 2 is 1.14 bits per heavy atom. The summed E-state index contributed by atoms with van der Waals surface area (Å²) in [6.07, 6.45) is 10.0. The first-order chi connectivity index (χ1) is 13.2. The average molecular weight is 491 g/mol. The summed E-state index contributed by atoms with van der Waals surface area (Å²) in [7, 11) is 15.7. The first-order valence-electron chi connectivity index (χ1n) is 10.2. The van der Waals surface area contributed by atoms with E-state index in [0.717, 1.165) is 6.42 Å². The van der Waals surface area contributed by atoms with Crippen LogP contribution >= 0.6 is 17.0 Å². The molecule has 0 aromatic heterocycles. The Labute approximate surface area is 177 Å². The molecule has 28 heavy (non-hydrogen) atoms. The van der Waals surface area contributed by atoms with Crippen LogP contribution in [0.3, 0.4) is 0 Å². The Morgan fingerprint density at radius 3 is 1.54 bits per heavy atom. The van der Waals surface area contributed by atoms with Crippen molar-refractivity contribution in [1.82, 2.24) is 0 Å². The molecule has 3 heteroatoms. The third kappa shape index (κ3) is 2.85. The predicted molar refractivity (Wildman–Crippen MR) is 123 cm³/mol. The number of benzene rings is 2. The summed E-state index contributed by atoms with van der Waals surface area (Å²) in [5.74, 6) is 0. The average Bonchev–Trinajstić information content (AvgIpc) is 3.28. The molecule has 146 valence electrons. The third-order valence-electron chi connectivity index (χ3n) is 6.76. The Bertz CT molecular complexity index is 1030. The van der Waals surface area contributed by atoms with Crippen LogP contribution in [-0.2, 0) is 15.9 Å². The molecule has 0 spiro atoms. The van der Waals surface area contributed by atoms with Gasteiger partial charge in [-0.1, -0.05) is 0 Å². The molecule has 2 aliphatic rings. The van der Waals surface area contributed by atoms with Gasteiger partial charge in [0, 0.05) is 0 Å². The maximum atomic E-state index is 7.83. The van der Waals surface area contributed by atoms with Crippen molar-refractivity contribution in [2.45, 2.75) is 48.3 Å². The second-order valence-electron chi connectivity index (χ2n) is 8.57. The SMILES string of the molecule is CC[CH]=[Zr]([Cl])([Cl])([CH]1C=Cc2c(C)ccc(C)c21)[CH]1C=Cc2c(C)ccc(C)c21. The fourth-order valence-electron chi connectivity index (χ4n) is 5.31. The molecule has 0 fully saturated rings. The van der Waals surface area contributed by atoms with Crippen molar-refractivity contribution in [3.05, 3.63) is 80.9 Å². The molecule has 0 saturated heterocycles. The van der Waals surface area contributed by atoms with E-state index in [1.54, 1.807) is 0 Å². The van der Waals surface area contributed by atoms with E-state index < -0.39 is 15.9 Å². The molecule has 0 bridgehead atoms. The van der Waals surface area contributed by atoms with E-state index in [-0.39, 0.29) is 7.25 Å². The fraction of sp³-hybridized carbons (Fsp3) is 0.320. The summed E-state index contributed by atoms with van der Waals surface area (Å²) in [4.78, 5) is 0. The molecule has 2 aromatic carbocycles. The molecule has 0 heterocycles. The van der Waals surface area contributed by atoms with Crippen molar-refractivity contribution in [3.8, 4) is 0 Å². The Kier molecular flexibility index (Phi) is 5.06. The van der Waals surface area contributed by atoms with Crippen LogP contribution in [0, 0.1) is 27.7 Å². The zero-order chi connectivity index (χ0) is 20.3. The van der Waals surface area contributed by atoms with E-state index in [1.165, 1.54) is 44.5 Å². The minimum atomic E-state index is -4.49. The molecule has 2 aromatic rings. The van der Waals surface area contributed by atoms with Gasteiger partial charge in [0.1, 0.15) is 0 Å². The van der Waals surface area contributed by atoms with E-state index in [4.69, 9.17) is 17.0 Å². The zero-order valence-corrected chi connectivity index (χ0v) is 21.3. The van der Waals surface area contributed by atoms with Crippen LogP contribution in [0.2, 0.25) is 0 Å². The van der Waals surface area contributed by atoms with Crippen molar-refractivity contribution in [1.29, 1.82) is 0 Å². The minimum absolute atomic E-state index is 0.111. The summed E-state index contributed by atoms with van der Waals surface area (Å²) >= 11 is -4.49. The van der Waals surface area contributed by atoms with Gasteiger partial charge in [-0.25, -0.2) is 0 Å². The van der Waals surface area contributed by atoms with Crippen LogP contribution < -0.4 is 0 Å². The quantitative estimate of drug-likeness (QED) is 0.409. The number of rotatable bonds is 3. The molecular formula is C25H28Cl2Zr. The van der Waals surface area contributed by atoms with Crippen LogP contribution in [0.25, 0.3) is 12.2 Å². The summed E-state index contributed by atoms with van der Waals surface area (Å²) in [5.41, 5.74) is 10.5. The first-order valence-corrected chi connectivity index (χ1v) is 20.8. The van der Waals surface area contributed by atoms with Crippen LogP contribution in [0.4, 0.5) is 0 Å². The molecule has 0 nitrogen and oxygen atoms in total. The van der Waals surface area contributed by atoms with Gasteiger partial charge in [0.05, 0.1) is 0 Å². The molecule has 2 aliphatic carbocycles. The zero-order valence-electron chi connectivity index (χ0n) is 17.3. The number of halogens is 2. The van der Waals surface area contributed by atoms with Crippen molar-refractivity contribution in [3.63, 3.8) is 0 Å². The van der Waals surface area contributed by atoms with E-state index in [0.29, 0.717) is 0 Å². The van der Waals surface area contributed by atoms with Crippen LogP contribution in [-0.4, -0.2) is 3.71 Å². The maximum absolute atomic E-state index is 7.83. The summed E-state index contributed by atoms with van der Waals surface area (Å²) in [5, 5.41) is 0.